The SMILES string of the molecule is CC1(C)[C@@H]2C[C@H]3OB([C@H](Cc4ccc(F)cc4)NC(=O)O[C@H]4CCCNC4)O[C@@]3(C)[C@H]1C2. The van der Waals surface area contributed by atoms with Gasteiger partial charge in [-0.15, -0.1) is 0 Å². The molecule has 174 valence electrons. The number of hydrogen-bond donors (Lipinski definition) is 2. The van der Waals surface area contributed by atoms with Crippen LogP contribution in [0.15, 0.2) is 24.3 Å². The third kappa shape index (κ3) is 3.95. The van der Waals surface area contributed by atoms with Gasteiger partial charge in [0, 0.05) is 6.54 Å². The lowest BCUT2D eigenvalue weighted by atomic mass is 9.43. The van der Waals surface area contributed by atoms with Crippen LogP contribution in [0.25, 0.3) is 0 Å². The van der Waals surface area contributed by atoms with E-state index in [2.05, 4.69) is 31.4 Å². The van der Waals surface area contributed by atoms with E-state index in [1.807, 2.05) is 0 Å². The number of carbonyl (C=O) groups is 1. The summed E-state index contributed by atoms with van der Waals surface area (Å²) in [5.74, 6) is 0.388. The zero-order valence-corrected chi connectivity index (χ0v) is 19.2. The first-order valence-corrected chi connectivity index (χ1v) is 12.0. The van der Waals surface area contributed by atoms with Gasteiger partial charge in [-0.2, -0.15) is 0 Å². The van der Waals surface area contributed by atoms with E-state index in [1.165, 1.54) is 18.6 Å². The summed E-state index contributed by atoms with van der Waals surface area (Å²) in [4.78, 5) is 12.8. The van der Waals surface area contributed by atoms with Gasteiger partial charge in [-0.3, -0.25) is 0 Å². The van der Waals surface area contributed by atoms with Gasteiger partial charge in [0.05, 0.1) is 17.6 Å². The van der Waals surface area contributed by atoms with Gasteiger partial charge in [-0.05, 0) is 80.5 Å². The second-order valence-corrected chi connectivity index (χ2v) is 10.8. The molecule has 1 amide bonds. The smallest absolute Gasteiger partial charge is 0.445 e. The van der Waals surface area contributed by atoms with E-state index in [0.717, 1.165) is 31.4 Å². The number of ether oxygens (including phenoxy) is 1. The molecule has 0 radical (unpaired) electrons. The molecule has 2 N–H and O–H groups in total. The first-order valence-electron chi connectivity index (χ1n) is 12.0. The average molecular weight is 444 g/mol. The van der Waals surface area contributed by atoms with Crippen molar-refractivity contribution in [3.63, 3.8) is 0 Å². The highest BCUT2D eigenvalue weighted by Gasteiger charge is 2.68. The van der Waals surface area contributed by atoms with E-state index in [4.69, 9.17) is 14.0 Å². The second kappa shape index (κ2) is 8.30. The van der Waals surface area contributed by atoms with Crippen LogP contribution in [-0.2, 0) is 20.5 Å². The lowest BCUT2D eigenvalue weighted by molar-refractivity contribution is -0.199. The van der Waals surface area contributed by atoms with Crippen molar-refractivity contribution in [2.24, 2.45) is 17.3 Å². The molecule has 2 saturated heterocycles. The Labute approximate surface area is 190 Å². The minimum atomic E-state index is -0.567. The Bertz CT molecular complexity index is 847. The molecule has 2 aliphatic heterocycles. The van der Waals surface area contributed by atoms with Gasteiger partial charge in [-0.1, -0.05) is 26.0 Å². The Morgan fingerprint density at radius 1 is 1.31 bits per heavy atom. The standard InChI is InChI=1S/C24H34BFN2O4/c1-23(2)16-12-19(23)24(3)20(13-16)31-25(32-24)21(11-15-6-8-17(26)9-7-15)28-22(29)30-18-5-4-10-27-14-18/h6-9,16,18-21,27H,4-5,10-14H2,1-3H3,(H,28,29)/t16-,18-,19-,20+,21-,24-/m0/s1. The lowest BCUT2D eigenvalue weighted by Crippen LogP contribution is -2.65. The average Bonchev–Trinajstić information content (AvgIpc) is 3.12. The third-order valence-corrected chi connectivity index (χ3v) is 8.49. The molecule has 1 aromatic rings. The number of hydrogen-bond acceptors (Lipinski definition) is 5. The molecule has 1 aromatic carbocycles. The highest BCUT2D eigenvalue weighted by molar-refractivity contribution is 6.47. The summed E-state index contributed by atoms with van der Waals surface area (Å²) in [6.07, 6.45) is 3.92. The highest BCUT2D eigenvalue weighted by Crippen LogP contribution is 2.65. The van der Waals surface area contributed by atoms with Gasteiger partial charge in [0.25, 0.3) is 0 Å². The van der Waals surface area contributed by atoms with Crippen molar-refractivity contribution in [2.45, 2.75) is 76.6 Å². The largest absolute Gasteiger partial charge is 0.482 e. The molecule has 6 nitrogen and oxygen atoms in total. The molecule has 6 rings (SSSR count). The van der Waals surface area contributed by atoms with E-state index < -0.39 is 19.2 Å². The summed E-state index contributed by atoms with van der Waals surface area (Å²) in [5, 5.41) is 6.27. The predicted octanol–water partition coefficient (Wildman–Crippen LogP) is 3.48. The first kappa shape index (κ1) is 22.2. The molecule has 2 bridgehead atoms. The van der Waals surface area contributed by atoms with Crippen LogP contribution in [0.3, 0.4) is 0 Å². The molecule has 0 unspecified atom stereocenters. The topological polar surface area (TPSA) is 68.8 Å². The Kier molecular flexibility index (Phi) is 5.75. The van der Waals surface area contributed by atoms with Gasteiger partial charge in [0.15, 0.2) is 0 Å². The van der Waals surface area contributed by atoms with Gasteiger partial charge in [0.2, 0.25) is 0 Å². The van der Waals surface area contributed by atoms with E-state index in [-0.39, 0.29) is 29.0 Å². The summed E-state index contributed by atoms with van der Waals surface area (Å²) in [6, 6.07) is 6.36. The number of carbonyl (C=O) groups excluding carboxylic acids is 1. The number of piperidine rings is 1. The van der Waals surface area contributed by atoms with Crippen molar-refractivity contribution in [1.29, 1.82) is 0 Å². The molecule has 8 heteroatoms. The van der Waals surface area contributed by atoms with Crippen LogP contribution in [0.5, 0.6) is 0 Å². The van der Waals surface area contributed by atoms with Gasteiger partial charge >= 0.3 is 13.2 Å². The van der Waals surface area contributed by atoms with Gasteiger partial charge in [0.1, 0.15) is 11.9 Å². The lowest BCUT2D eigenvalue weighted by Gasteiger charge is -2.64. The van der Waals surface area contributed by atoms with Crippen LogP contribution >= 0.6 is 0 Å². The zero-order chi connectivity index (χ0) is 22.5. The first-order chi connectivity index (χ1) is 15.3. The molecule has 5 aliphatic rings. The summed E-state index contributed by atoms with van der Waals surface area (Å²) in [7, 11) is -0.567. The number of nitrogens with one attached hydrogen (secondary N) is 2. The summed E-state index contributed by atoms with van der Waals surface area (Å²) < 4.78 is 32.1. The van der Waals surface area contributed by atoms with Crippen LogP contribution < -0.4 is 10.6 Å². The number of halogens is 1. The highest BCUT2D eigenvalue weighted by atomic mass is 19.1. The maximum Gasteiger partial charge on any atom is 0.482 e. The summed E-state index contributed by atoms with van der Waals surface area (Å²) in [6.45, 7) is 8.45. The fourth-order valence-corrected chi connectivity index (χ4v) is 6.42. The van der Waals surface area contributed by atoms with Gasteiger partial charge in [-0.25, -0.2) is 9.18 Å². The molecule has 0 spiro atoms. The van der Waals surface area contributed by atoms with Crippen molar-refractivity contribution in [3.05, 3.63) is 35.6 Å². The molecule has 2 heterocycles. The monoisotopic (exact) mass is 444 g/mol. The van der Waals surface area contributed by atoms with E-state index in [1.54, 1.807) is 12.1 Å². The summed E-state index contributed by atoms with van der Waals surface area (Å²) >= 11 is 0. The summed E-state index contributed by atoms with van der Waals surface area (Å²) in [5.41, 5.74) is 0.798. The zero-order valence-electron chi connectivity index (χ0n) is 19.2. The van der Waals surface area contributed by atoms with Crippen LogP contribution in [0.1, 0.15) is 52.0 Å². The van der Waals surface area contributed by atoms with Gasteiger partial charge < -0.3 is 24.7 Å². The van der Waals surface area contributed by atoms with Crippen molar-refractivity contribution < 1.29 is 23.2 Å². The van der Waals surface area contributed by atoms with Crippen molar-refractivity contribution >= 4 is 13.2 Å². The molecule has 32 heavy (non-hydrogen) atoms. The molecule has 3 aliphatic carbocycles. The fourth-order valence-electron chi connectivity index (χ4n) is 6.42. The van der Waals surface area contributed by atoms with E-state index in [9.17, 15) is 9.18 Å². The third-order valence-electron chi connectivity index (χ3n) is 8.49. The molecule has 6 atom stereocenters. The Hall–Kier alpha value is -1.64. The Balaban J connectivity index is 1.31. The molecule has 5 fully saturated rings. The van der Waals surface area contributed by atoms with Crippen molar-refractivity contribution in [2.75, 3.05) is 13.1 Å². The number of rotatable bonds is 5. The Morgan fingerprint density at radius 2 is 2.09 bits per heavy atom. The van der Waals surface area contributed by atoms with Crippen LogP contribution in [0, 0.1) is 23.1 Å². The number of alkyl carbamates (subject to hydrolysis) is 1. The molecule has 0 aromatic heterocycles. The quantitative estimate of drug-likeness (QED) is 0.681. The predicted molar refractivity (Wildman–Crippen MR) is 120 cm³/mol. The van der Waals surface area contributed by atoms with Crippen LogP contribution in [0.4, 0.5) is 9.18 Å². The molecular formula is C24H34BFN2O4. The van der Waals surface area contributed by atoms with Crippen molar-refractivity contribution in [1.82, 2.24) is 10.6 Å². The number of amides is 1. The minimum absolute atomic E-state index is 0.0281. The van der Waals surface area contributed by atoms with E-state index in [0.29, 0.717) is 24.8 Å². The minimum Gasteiger partial charge on any atom is -0.445 e. The molecular weight excluding hydrogens is 410 g/mol. The molecule has 3 saturated carbocycles. The second-order valence-electron chi connectivity index (χ2n) is 10.8. The number of benzene rings is 1. The Morgan fingerprint density at radius 3 is 2.78 bits per heavy atom. The van der Waals surface area contributed by atoms with Crippen LogP contribution in [-0.4, -0.2) is 50.1 Å². The maximum absolute atomic E-state index is 13.4. The maximum atomic E-state index is 13.4. The van der Waals surface area contributed by atoms with Crippen molar-refractivity contribution in [3.8, 4) is 0 Å². The normalized spacial score (nSPS) is 36.1. The van der Waals surface area contributed by atoms with E-state index >= 15 is 0 Å². The van der Waals surface area contributed by atoms with Crippen LogP contribution in [0.2, 0.25) is 0 Å². The fraction of sp³-hybridized carbons (Fsp3) is 0.708.